The van der Waals surface area contributed by atoms with Crippen LogP contribution < -0.4 is 5.32 Å². The van der Waals surface area contributed by atoms with Gasteiger partial charge in [-0.25, -0.2) is 0 Å². The number of nitriles is 1. The Kier molecular flexibility index (Phi) is 5.91. The number of rotatable bonds is 5. The van der Waals surface area contributed by atoms with Crippen LogP contribution in [0.5, 0.6) is 0 Å². The van der Waals surface area contributed by atoms with E-state index >= 15 is 0 Å². The molecule has 0 saturated carbocycles. The van der Waals surface area contributed by atoms with Crippen LogP contribution in [0, 0.1) is 18.3 Å². The highest BCUT2D eigenvalue weighted by Crippen LogP contribution is 2.23. The number of likely N-dealkylation sites (N-methyl/N-ethyl adjacent to an activating group) is 1. The average Bonchev–Trinajstić information content (AvgIpc) is 2.50. The van der Waals surface area contributed by atoms with Gasteiger partial charge in [0.15, 0.2) is 0 Å². The number of benzene rings is 2. The van der Waals surface area contributed by atoms with Gasteiger partial charge in [-0.05, 0) is 65.3 Å². The van der Waals surface area contributed by atoms with E-state index < -0.39 is 0 Å². The van der Waals surface area contributed by atoms with Gasteiger partial charge >= 0.3 is 0 Å². The summed E-state index contributed by atoms with van der Waals surface area (Å²) in [5, 5.41) is 11.8. The lowest BCUT2D eigenvalue weighted by molar-refractivity contribution is -0.117. The number of anilines is 1. The van der Waals surface area contributed by atoms with Crippen molar-refractivity contribution in [3.8, 4) is 6.07 Å². The van der Waals surface area contributed by atoms with E-state index in [1.807, 2.05) is 55.3 Å². The second-order valence-electron chi connectivity index (χ2n) is 5.52. The van der Waals surface area contributed by atoms with Crippen LogP contribution >= 0.6 is 15.9 Å². The molecule has 2 rings (SSSR count). The Bertz CT molecular complexity index is 752. The number of halogens is 1. The molecule has 0 aromatic heterocycles. The third-order valence-corrected chi connectivity index (χ3v) is 3.98. The fraction of sp³-hybridized carbons (Fsp3) is 0.222. The average molecular weight is 372 g/mol. The molecule has 1 amide bonds. The summed E-state index contributed by atoms with van der Waals surface area (Å²) in [7, 11) is 1.88. The molecule has 118 valence electrons. The zero-order chi connectivity index (χ0) is 16.8. The summed E-state index contributed by atoms with van der Waals surface area (Å²) < 4.78 is 0.871. The number of carbonyl (C=O) groups is 1. The number of hydrogen-bond acceptors (Lipinski definition) is 3. The molecular formula is C18H18BrN3O. The highest BCUT2D eigenvalue weighted by molar-refractivity contribution is 9.10. The van der Waals surface area contributed by atoms with Gasteiger partial charge in [-0.1, -0.05) is 18.2 Å². The van der Waals surface area contributed by atoms with Crippen molar-refractivity contribution in [3.05, 3.63) is 63.6 Å². The number of carbonyl (C=O) groups excluding carboxylic acids is 1. The topological polar surface area (TPSA) is 56.1 Å². The van der Waals surface area contributed by atoms with Crippen LogP contribution in [0.15, 0.2) is 46.9 Å². The predicted molar refractivity (Wildman–Crippen MR) is 95.0 cm³/mol. The number of nitrogens with zero attached hydrogens (tertiary/aromatic N) is 2. The number of amides is 1. The van der Waals surface area contributed by atoms with Crippen LogP contribution in [-0.4, -0.2) is 24.4 Å². The van der Waals surface area contributed by atoms with Crippen LogP contribution in [0.25, 0.3) is 0 Å². The van der Waals surface area contributed by atoms with E-state index in [2.05, 4.69) is 27.3 Å². The summed E-state index contributed by atoms with van der Waals surface area (Å²) in [5.74, 6) is -0.0755. The first-order valence-electron chi connectivity index (χ1n) is 7.21. The molecule has 0 saturated heterocycles. The first-order valence-corrected chi connectivity index (χ1v) is 8.01. The lowest BCUT2D eigenvalue weighted by Gasteiger charge is -2.17. The zero-order valence-electron chi connectivity index (χ0n) is 13.1. The quantitative estimate of drug-likeness (QED) is 0.871. The zero-order valence-corrected chi connectivity index (χ0v) is 14.7. The molecule has 0 fully saturated rings. The molecule has 4 nitrogen and oxygen atoms in total. The number of hydrogen-bond donors (Lipinski definition) is 1. The van der Waals surface area contributed by atoms with E-state index in [1.54, 1.807) is 6.07 Å². The minimum absolute atomic E-state index is 0.0755. The van der Waals surface area contributed by atoms with Crippen LogP contribution in [0.3, 0.4) is 0 Å². The van der Waals surface area contributed by atoms with E-state index in [4.69, 9.17) is 5.26 Å². The van der Waals surface area contributed by atoms with Gasteiger partial charge in [0.25, 0.3) is 0 Å². The van der Waals surface area contributed by atoms with Crippen molar-refractivity contribution in [1.29, 1.82) is 5.26 Å². The lowest BCUT2D eigenvalue weighted by atomic mass is 10.1. The SMILES string of the molecule is Cc1ccc(NC(=O)CN(C)Cc2cccc(C#N)c2)c(Br)c1. The largest absolute Gasteiger partial charge is 0.324 e. The molecule has 0 spiro atoms. The third-order valence-electron chi connectivity index (χ3n) is 3.32. The Morgan fingerprint density at radius 1 is 1.30 bits per heavy atom. The normalized spacial score (nSPS) is 10.4. The van der Waals surface area contributed by atoms with E-state index in [0.29, 0.717) is 12.1 Å². The minimum Gasteiger partial charge on any atom is -0.324 e. The summed E-state index contributed by atoms with van der Waals surface area (Å²) in [5.41, 5.74) is 3.53. The van der Waals surface area contributed by atoms with Crippen molar-refractivity contribution in [1.82, 2.24) is 4.90 Å². The molecule has 0 radical (unpaired) electrons. The first kappa shape index (κ1) is 17.2. The van der Waals surface area contributed by atoms with Gasteiger partial charge in [-0.15, -0.1) is 0 Å². The monoisotopic (exact) mass is 371 g/mol. The van der Waals surface area contributed by atoms with Crippen LogP contribution in [-0.2, 0) is 11.3 Å². The Morgan fingerprint density at radius 3 is 2.78 bits per heavy atom. The Balaban J connectivity index is 1.93. The van der Waals surface area contributed by atoms with E-state index in [0.717, 1.165) is 21.3 Å². The molecule has 2 aromatic rings. The Labute approximate surface area is 144 Å². The van der Waals surface area contributed by atoms with Crippen molar-refractivity contribution in [2.24, 2.45) is 0 Å². The molecule has 0 aliphatic heterocycles. The molecule has 0 bridgehead atoms. The van der Waals surface area contributed by atoms with Crippen LogP contribution in [0.1, 0.15) is 16.7 Å². The van der Waals surface area contributed by atoms with Gasteiger partial charge in [-0.3, -0.25) is 9.69 Å². The summed E-state index contributed by atoms with van der Waals surface area (Å²) >= 11 is 3.45. The summed E-state index contributed by atoms with van der Waals surface area (Å²) in [6.07, 6.45) is 0. The molecule has 0 aliphatic carbocycles. The maximum Gasteiger partial charge on any atom is 0.238 e. The minimum atomic E-state index is -0.0755. The first-order chi connectivity index (χ1) is 11.0. The number of aryl methyl sites for hydroxylation is 1. The van der Waals surface area contributed by atoms with Gasteiger partial charge in [0.1, 0.15) is 0 Å². The lowest BCUT2D eigenvalue weighted by Crippen LogP contribution is -2.29. The van der Waals surface area contributed by atoms with E-state index in [1.165, 1.54) is 0 Å². The van der Waals surface area contributed by atoms with Gasteiger partial charge in [0.2, 0.25) is 5.91 Å². The summed E-state index contributed by atoms with van der Waals surface area (Å²) in [6.45, 7) is 2.88. The predicted octanol–water partition coefficient (Wildman–Crippen LogP) is 3.70. The van der Waals surface area contributed by atoms with E-state index in [9.17, 15) is 4.79 Å². The molecule has 5 heteroatoms. The molecule has 0 heterocycles. The van der Waals surface area contributed by atoms with Crippen molar-refractivity contribution in [3.63, 3.8) is 0 Å². The maximum absolute atomic E-state index is 12.1. The smallest absolute Gasteiger partial charge is 0.238 e. The Hall–Kier alpha value is -2.16. The molecule has 0 unspecified atom stereocenters. The molecular weight excluding hydrogens is 354 g/mol. The van der Waals surface area contributed by atoms with Crippen molar-refractivity contribution in [2.45, 2.75) is 13.5 Å². The maximum atomic E-state index is 12.1. The van der Waals surface area contributed by atoms with Gasteiger partial charge in [0, 0.05) is 11.0 Å². The number of nitrogens with one attached hydrogen (secondary N) is 1. The molecule has 0 aliphatic rings. The third kappa shape index (κ3) is 5.20. The highest BCUT2D eigenvalue weighted by atomic mass is 79.9. The molecule has 2 aromatic carbocycles. The van der Waals surface area contributed by atoms with Gasteiger partial charge < -0.3 is 5.32 Å². The van der Waals surface area contributed by atoms with Crippen LogP contribution in [0.2, 0.25) is 0 Å². The van der Waals surface area contributed by atoms with Crippen molar-refractivity contribution >= 4 is 27.5 Å². The summed E-state index contributed by atoms with van der Waals surface area (Å²) in [4.78, 5) is 14.1. The van der Waals surface area contributed by atoms with Crippen LogP contribution in [0.4, 0.5) is 5.69 Å². The fourth-order valence-electron chi connectivity index (χ4n) is 2.26. The van der Waals surface area contributed by atoms with Gasteiger partial charge in [-0.2, -0.15) is 5.26 Å². The second-order valence-corrected chi connectivity index (χ2v) is 6.37. The highest BCUT2D eigenvalue weighted by Gasteiger charge is 2.09. The Morgan fingerprint density at radius 2 is 2.09 bits per heavy atom. The summed E-state index contributed by atoms with van der Waals surface area (Å²) in [6, 6.07) is 15.3. The molecule has 23 heavy (non-hydrogen) atoms. The van der Waals surface area contributed by atoms with Gasteiger partial charge in [0.05, 0.1) is 23.9 Å². The van der Waals surface area contributed by atoms with Crippen molar-refractivity contribution < 1.29 is 4.79 Å². The van der Waals surface area contributed by atoms with Crippen molar-refractivity contribution in [2.75, 3.05) is 18.9 Å². The standard InChI is InChI=1S/C18H18BrN3O/c1-13-6-7-17(16(19)8-13)21-18(23)12-22(2)11-15-5-3-4-14(9-15)10-20/h3-9H,11-12H2,1-2H3,(H,21,23). The van der Waals surface area contributed by atoms with E-state index in [-0.39, 0.29) is 12.5 Å². The molecule has 0 atom stereocenters. The molecule has 1 N–H and O–H groups in total. The fourth-order valence-corrected chi connectivity index (χ4v) is 2.86. The second kappa shape index (κ2) is 7.91.